The predicted octanol–water partition coefficient (Wildman–Crippen LogP) is 2.52. The first-order chi connectivity index (χ1) is 9.65. The smallest absolute Gasteiger partial charge is 0.165 e. The van der Waals surface area contributed by atoms with Gasteiger partial charge in [-0.2, -0.15) is 0 Å². The van der Waals surface area contributed by atoms with Gasteiger partial charge in [0.25, 0.3) is 0 Å². The summed E-state index contributed by atoms with van der Waals surface area (Å²) >= 11 is 3.24. The molecule has 112 valence electrons. The van der Waals surface area contributed by atoms with Crippen molar-refractivity contribution >= 4 is 15.9 Å². The molecule has 1 heterocycles. The van der Waals surface area contributed by atoms with Crippen molar-refractivity contribution in [3.05, 3.63) is 28.5 Å². The quantitative estimate of drug-likeness (QED) is 0.858. The fraction of sp³-hybridized carbons (Fsp3) is 0.571. The van der Waals surface area contributed by atoms with Crippen LogP contribution in [0.15, 0.2) is 22.7 Å². The van der Waals surface area contributed by atoms with Crippen LogP contribution < -0.4 is 4.74 Å². The van der Waals surface area contributed by atoms with Gasteiger partial charge >= 0.3 is 0 Å². The summed E-state index contributed by atoms with van der Waals surface area (Å²) in [6, 6.07) is 4.43. The molecule has 1 fully saturated rings. The van der Waals surface area contributed by atoms with E-state index in [-0.39, 0.29) is 25.1 Å². The van der Waals surface area contributed by atoms with Gasteiger partial charge in [-0.05, 0) is 31.0 Å². The van der Waals surface area contributed by atoms with Crippen LogP contribution in [0, 0.1) is 5.82 Å². The molecular formula is C14H18BrFO4. The largest absolute Gasteiger partial charge is 0.488 e. The molecule has 1 atom stereocenters. The third kappa shape index (κ3) is 5.01. The van der Waals surface area contributed by atoms with Crippen LogP contribution >= 0.6 is 15.9 Å². The summed E-state index contributed by atoms with van der Waals surface area (Å²) in [5, 5.41) is 9.79. The van der Waals surface area contributed by atoms with Crippen LogP contribution in [-0.4, -0.2) is 43.7 Å². The molecule has 1 N–H and O–H groups in total. The molecule has 1 aliphatic heterocycles. The maximum atomic E-state index is 13.4. The van der Waals surface area contributed by atoms with Gasteiger partial charge in [0, 0.05) is 17.7 Å². The lowest BCUT2D eigenvalue weighted by molar-refractivity contribution is -0.0661. The van der Waals surface area contributed by atoms with Crippen molar-refractivity contribution in [2.24, 2.45) is 0 Å². The number of ether oxygens (including phenoxy) is 3. The zero-order chi connectivity index (χ0) is 14.4. The fourth-order valence-corrected chi connectivity index (χ4v) is 2.25. The number of benzene rings is 1. The van der Waals surface area contributed by atoms with Crippen LogP contribution in [0.1, 0.15) is 12.8 Å². The third-order valence-corrected chi connectivity index (χ3v) is 3.51. The van der Waals surface area contributed by atoms with Gasteiger partial charge < -0.3 is 19.3 Å². The van der Waals surface area contributed by atoms with E-state index < -0.39 is 11.9 Å². The van der Waals surface area contributed by atoms with Gasteiger partial charge in [0.1, 0.15) is 12.7 Å². The molecule has 6 heteroatoms. The monoisotopic (exact) mass is 348 g/mol. The van der Waals surface area contributed by atoms with Crippen molar-refractivity contribution in [3.8, 4) is 5.75 Å². The second-order valence-corrected chi connectivity index (χ2v) is 5.60. The van der Waals surface area contributed by atoms with Crippen LogP contribution in [0.3, 0.4) is 0 Å². The Bertz CT molecular complexity index is 424. The third-order valence-electron chi connectivity index (χ3n) is 3.02. The number of halogens is 2. The van der Waals surface area contributed by atoms with Crippen molar-refractivity contribution in [2.45, 2.75) is 25.0 Å². The van der Waals surface area contributed by atoms with Crippen molar-refractivity contribution < 1.29 is 23.7 Å². The standard InChI is InChI=1S/C14H18BrFO4/c15-10-1-2-13(16)14(7-10)20-9-11(17)8-19-12-3-5-18-6-4-12/h1-2,7,11-12,17H,3-6,8-9H2. The van der Waals surface area contributed by atoms with Crippen molar-refractivity contribution in [3.63, 3.8) is 0 Å². The molecule has 1 unspecified atom stereocenters. The van der Waals surface area contributed by atoms with E-state index in [9.17, 15) is 9.50 Å². The molecule has 0 saturated carbocycles. The van der Waals surface area contributed by atoms with Crippen LogP contribution in [0.2, 0.25) is 0 Å². The van der Waals surface area contributed by atoms with Gasteiger partial charge in [-0.15, -0.1) is 0 Å². The Hall–Kier alpha value is -0.690. The van der Waals surface area contributed by atoms with Crippen molar-refractivity contribution in [1.29, 1.82) is 0 Å². The van der Waals surface area contributed by atoms with E-state index in [4.69, 9.17) is 14.2 Å². The molecule has 2 rings (SSSR count). The summed E-state index contributed by atoms with van der Waals surface area (Å²) in [4.78, 5) is 0. The zero-order valence-corrected chi connectivity index (χ0v) is 12.6. The number of hydrogen-bond acceptors (Lipinski definition) is 4. The van der Waals surface area contributed by atoms with E-state index >= 15 is 0 Å². The number of hydrogen-bond donors (Lipinski definition) is 1. The minimum absolute atomic E-state index is 0.00338. The Balaban J connectivity index is 1.71. The summed E-state index contributed by atoms with van der Waals surface area (Å²) in [7, 11) is 0. The maximum Gasteiger partial charge on any atom is 0.165 e. The highest BCUT2D eigenvalue weighted by atomic mass is 79.9. The molecule has 0 aliphatic carbocycles. The van der Waals surface area contributed by atoms with Crippen LogP contribution in [0.5, 0.6) is 5.75 Å². The minimum atomic E-state index is -0.781. The lowest BCUT2D eigenvalue weighted by Crippen LogP contribution is -2.30. The van der Waals surface area contributed by atoms with Gasteiger partial charge in [0.05, 0.1) is 12.7 Å². The summed E-state index contributed by atoms with van der Waals surface area (Å²) in [6.45, 7) is 1.57. The van der Waals surface area contributed by atoms with E-state index in [1.54, 1.807) is 6.07 Å². The molecular weight excluding hydrogens is 331 g/mol. The summed E-state index contributed by atoms with van der Waals surface area (Å²) in [5.41, 5.74) is 0. The second-order valence-electron chi connectivity index (χ2n) is 4.68. The lowest BCUT2D eigenvalue weighted by atomic mass is 10.1. The first-order valence-corrected chi connectivity index (χ1v) is 7.39. The van der Waals surface area contributed by atoms with Crippen LogP contribution in [-0.2, 0) is 9.47 Å². The normalized spacial score (nSPS) is 17.9. The van der Waals surface area contributed by atoms with E-state index in [0.717, 1.165) is 17.3 Å². The van der Waals surface area contributed by atoms with Gasteiger partial charge in [-0.25, -0.2) is 4.39 Å². The molecule has 20 heavy (non-hydrogen) atoms. The Morgan fingerprint density at radius 3 is 2.85 bits per heavy atom. The first-order valence-electron chi connectivity index (χ1n) is 6.60. The average molecular weight is 349 g/mol. The van der Waals surface area contributed by atoms with E-state index in [1.165, 1.54) is 12.1 Å². The molecule has 1 aromatic rings. The van der Waals surface area contributed by atoms with E-state index in [2.05, 4.69) is 15.9 Å². The Kier molecular flexibility index (Phi) is 6.22. The van der Waals surface area contributed by atoms with Crippen molar-refractivity contribution in [1.82, 2.24) is 0 Å². The number of rotatable bonds is 6. The first kappa shape index (κ1) is 15.7. The van der Waals surface area contributed by atoms with Gasteiger partial charge in [0.2, 0.25) is 0 Å². The molecule has 1 saturated heterocycles. The Morgan fingerprint density at radius 1 is 1.35 bits per heavy atom. The molecule has 0 radical (unpaired) electrons. The summed E-state index contributed by atoms with van der Waals surface area (Å²) in [6.07, 6.45) is 1.03. The maximum absolute atomic E-state index is 13.4. The molecule has 0 aromatic heterocycles. The highest BCUT2D eigenvalue weighted by molar-refractivity contribution is 9.10. The predicted molar refractivity (Wildman–Crippen MR) is 75.4 cm³/mol. The fourth-order valence-electron chi connectivity index (χ4n) is 1.91. The molecule has 0 bridgehead atoms. The molecule has 0 amide bonds. The molecule has 1 aliphatic rings. The minimum Gasteiger partial charge on any atom is -0.488 e. The molecule has 0 spiro atoms. The average Bonchev–Trinajstić information content (AvgIpc) is 2.47. The van der Waals surface area contributed by atoms with E-state index in [1.807, 2.05) is 0 Å². The lowest BCUT2D eigenvalue weighted by Gasteiger charge is -2.23. The highest BCUT2D eigenvalue weighted by Crippen LogP contribution is 2.22. The molecule has 1 aromatic carbocycles. The van der Waals surface area contributed by atoms with E-state index in [0.29, 0.717) is 13.2 Å². The highest BCUT2D eigenvalue weighted by Gasteiger charge is 2.16. The zero-order valence-electron chi connectivity index (χ0n) is 11.1. The molecule has 4 nitrogen and oxygen atoms in total. The van der Waals surface area contributed by atoms with Gasteiger partial charge in [-0.1, -0.05) is 15.9 Å². The summed E-state index contributed by atoms with van der Waals surface area (Å²) in [5.74, 6) is -0.338. The Morgan fingerprint density at radius 2 is 2.10 bits per heavy atom. The topological polar surface area (TPSA) is 47.9 Å². The number of aliphatic hydroxyl groups is 1. The van der Waals surface area contributed by atoms with Crippen molar-refractivity contribution in [2.75, 3.05) is 26.4 Å². The van der Waals surface area contributed by atoms with Crippen LogP contribution in [0.25, 0.3) is 0 Å². The number of aliphatic hydroxyl groups excluding tert-OH is 1. The van der Waals surface area contributed by atoms with Gasteiger partial charge in [-0.3, -0.25) is 0 Å². The van der Waals surface area contributed by atoms with Gasteiger partial charge in [0.15, 0.2) is 11.6 Å². The summed E-state index contributed by atoms with van der Waals surface area (Å²) < 4.78 is 30.2. The Labute approximate surface area is 126 Å². The van der Waals surface area contributed by atoms with Crippen LogP contribution in [0.4, 0.5) is 4.39 Å². The second kappa shape index (κ2) is 7.93. The SMILES string of the molecule is OC(COc1cc(Br)ccc1F)COC1CCOCC1.